The Morgan fingerprint density at radius 2 is 1.61 bits per heavy atom. The van der Waals surface area contributed by atoms with E-state index in [1.807, 2.05) is 67.1 Å². The van der Waals surface area contributed by atoms with E-state index in [-0.39, 0.29) is 11.4 Å². The Morgan fingerprint density at radius 3 is 2.39 bits per heavy atom. The quantitative estimate of drug-likeness (QED) is 0.295. The smallest absolute Gasteiger partial charge is 0.344 e. The first-order valence-corrected chi connectivity index (χ1v) is 12.0. The molecule has 1 N–H and O–H groups in total. The van der Waals surface area contributed by atoms with Crippen LogP contribution in [0.1, 0.15) is 32.0 Å². The molecule has 8 heteroatoms. The number of pyridine rings is 2. The van der Waals surface area contributed by atoms with Crippen molar-refractivity contribution in [3.05, 3.63) is 114 Å². The molecule has 0 aliphatic rings. The number of aromatic nitrogens is 4. The summed E-state index contributed by atoms with van der Waals surface area (Å²) in [6.45, 7) is 3.88. The predicted molar refractivity (Wildman–Crippen MR) is 144 cm³/mol. The van der Waals surface area contributed by atoms with Crippen molar-refractivity contribution >= 4 is 33.7 Å². The number of carboxylic acid groups (broad SMARTS) is 1. The van der Waals surface area contributed by atoms with Gasteiger partial charge in [-0.3, -0.25) is 4.57 Å². The van der Waals surface area contributed by atoms with E-state index < -0.39 is 11.9 Å². The summed E-state index contributed by atoms with van der Waals surface area (Å²) < 4.78 is 9.57. The van der Waals surface area contributed by atoms with E-state index in [0.717, 1.165) is 28.0 Å². The van der Waals surface area contributed by atoms with Crippen LogP contribution in [0.5, 0.6) is 5.88 Å². The summed E-state index contributed by atoms with van der Waals surface area (Å²) in [6.07, 6.45) is 3.60. The summed E-state index contributed by atoms with van der Waals surface area (Å²) in [6, 6.07) is 23.3. The predicted octanol–water partition coefficient (Wildman–Crippen LogP) is 5.90. The number of rotatable bonds is 5. The molecule has 0 saturated heterocycles. The maximum atomic E-state index is 13.3. The summed E-state index contributed by atoms with van der Waals surface area (Å²) >= 11 is 0. The highest BCUT2D eigenvalue weighted by Gasteiger charge is 2.19. The van der Waals surface area contributed by atoms with Gasteiger partial charge in [-0.05, 0) is 86.1 Å². The van der Waals surface area contributed by atoms with Crippen LogP contribution in [0, 0.1) is 13.8 Å². The number of esters is 1. The Kier molecular flexibility index (Phi) is 5.49. The zero-order valence-electron chi connectivity index (χ0n) is 20.6. The van der Waals surface area contributed by atoms with Crippen LogP contribution >= 0.6 is 0 Å². The molecule has 6 aromatic rings. The second-order valence-corrected chi connectivity index (χ2v) is 9.07. The standard InChI is InChI=1S/C30H22N4O4/c1-18-10-12-31-27(14-18)34-25-9-6-21(29(35)36)16-23(25)17-28(34)38-30(37)22-7-8-24-20(15-22)11-13-33(24)26-5-3-4-19(2)32-26/h3-17H,1-2H3,(H,35,36). The van der Waals surface area contributed by atoms with E-state index >= 15 is 0 Å². The van der Waals surface area contributed by atoms with E-state index in [0.29, 0.717) is 22.3 Å². The second kappa shape index (κ2) is 9.01. The Bertz CT molecular complexity index is 1880. The fourth-order valence-electron chi connectivity index (χ4n) is 4.56. The van der Waals surface area contributed by atoms with Crippen molar-refractivity contribution in [3.63, 3.8) is 0 Å². The van der Waals surface area contributed by atoms with Crippen molar-refractivity contribution in [3.8, 4) is 17.5 Å². The summed E-state index contributed by atoms with van der Waals surface area (Å²) in [7, 11) is 0. The van der Waals surface area contributed by atoms with Crippen LogP contribution < -0.4 is 4.74 Å². The lowest BCUT2D eigenvalue weighted by Gasteiger charge is -2.11. The van der Waals surface area contributed by atoms with Crippen molar-refractivity contribution in [1.82, 2.24) is 19.1 Å². The van der Waals surface area contributed by atoms with E-state index in [9.17, 15) is 14.7 Å². The largest absolute Gasteiger partial charge is 0.478 e. The first-order valence-electron chi connectivity index (χ1n) is 12.0. The number of carbonyl (C=O) groups excluding carboxylic acids is 1. The van der Waals surface area contributed by atoms with Crippen LogP contribution in [0.25, 0.3) is 33.4 Å². The van der Waals surface area contributed by atoms with E-state index in [2.05, 4.69) is 9.97 Å². The topological polar surface area (TPSA) is 99.2 Å². The van der Waals surface area contributed by atoms with E-state index in [1.54, 1.807) is 41.1 Å². The molecule has 4 aromatic heterocycles. The molecular weight excluding hydrogens is 480 g/mol. The lowest BCUT2D eigenvalue weighted by molar-refractivity contribution is 0.0693. The summed E-state index contributed by atoms with van der Waals surface area (Å²) in [5.74, 6) is 0.0269. The molecule has 0 amide bonds. The number of aromatic carboxylic acids is 1. The minimum Gasteiger partial charge on any atom is -0.478 e. The van der Waals surface area contributed by atoms with Crippen LogP contribution in [-0.2, 0) is 0 Å². The Hall–Kier alpha value is -5.24. The van der Waals surface area contributed by atoms with Gasteiger partial charge in [0, 0.05) is 34.9 Å². The van der Waals surface area contributed by atoms with Crippen LogP contribution in [0.2, 0.25) is 0 Å². The average molecular weight is 503 g/mol. The molecule has 0 bridgehead atoms. The minimum atomic E-state index is -1.03. The lowest BCUT2D eigenvalue weighted by atomic mass is 10.1. The van der Waals surface area contributed by atoms with Crippen LogP contribution in [0.4, 0.5) is 0 Å². The number of fused-ring (bicyclic) bond motifs is 2. The van der Waals surface area contributed by atoms with Gasteiger partial charge in [-0.1, -0.05) is 6.07 Å². The molecule has 0 aliphatic carbocycles. The van der Waals surface area contributed by atoms with E-state index in [4.69, 9.17) is 4.74 Å². The molecule has 0 unspecified atom stereocenters. The zero-order chi connectivity index (χ0) is 26.4. The van der Waals surface area contributed by atoms with Gasteiger partial charge in [0.2, 0.25) is 5.88 Å². The molecule has 38 heavy (non-hydrogen) atoms. The second-order valence-electron chi connectivity index (χ2n) is 9.07. The first kappa shape index (κ1) is 23.2. The lowest BCUT2D eigenvalue weighted by Crippen LogP contribution is -2.11. The fraction of sp³-hybridized carbons (Fsp3) is 0.0667. The number of hydrogen-bond donors (Lipinski definition) is 1. The van der Waals surface area contributed by atoms with Gasteiger partial charge in [0.05, 0.1) is 22.2 Å². The highest BCUT2D eigenvalue weighted by molar-refractivity contribution is 5.98. The molecule has 0 saturated carbocycles. The number of carbonyl (C=O) groups is 2. The third kappa shape index (κ3) is 4.08. The summed E-state index contributed by atoms with van der Waals surface area (Å²) in [4.78, 5) is 33.9. The number of aryl methyl sites for hydroxylation is 2. The van der Waals surface area contributed by atoms with E-state index in [1.165, 1.54) is 6.07 Å². The monoisotopic (exact) mass is 502 g/mol. The van der Waals surface area contributed by atoms with Crippen molar-refractivity contribution < 1.29 is 19.4 Å². The third-order valence-corrected chi connectivity index (χ3v) is 6.39. The SMILES string of the molecule is Cc1ccnc(-n2c(OC(=O)c3ccc4c(ccn4-c4cccc(C)n4)c3)cc3cc(C(=O)O)ccc32)c1. The molecule has 186 valence electrons. The molecule has 6 rings (SSSR count). The number of ether oxygens (including phenoxy) is 1. The van der Waals surface area contributed by atoms with Gasteiger partial charge in [0.25, 0.3) is 0 Å². The number of hydrogen-bond acceptors (Lipinski definition) is 5. The third-order valence-electron chi connectivity index (χ3n) is 6.39. The van der Waals surface area contributed by atoms with Gasteiger partial charge in [-0.2, -0.15) is 0 Å². The normalized spacial score (nSPS) is 11.2. The van der Waals surface area contributed by atoms with Crippen LogP contribution in [0.15, 0.2) is 91.3 Å². The summed E-state index contributed by atoms with van der Waals surface area (Å²) in [5, 5.41) is 10.9. The number of carboxylic acids is 1. The van der Waals surface area contributed by atoms with Gasteiger partial charge >= 0.3 is 11.9 Å². The molecule has 4 heterocycles. The van der Waals surface area contributed by atoms with Crippen molar-refractivity contribution in [2.75, 3.05) is 0 Å². The van der Waals surface area contributed by atoms with Gasteiger partial charge in [-0.25, -0.2) is 19.6 Å². The van der Waals surface area contributed by atoms with Gasteiger partial charge < -0.3 is 14.4 Å². The highest BCUT2D eigenvalue weighted by Crippen LogP contribution is 2.31. The van der Waals surface area contributed by atoms with Gasteiger partial charge in [-0.15, -0.1) is 0 Å². The van der Waals surface area contributed by atoms with Crippen molar-refractivity contribution in [1.29, 1.82) is 0 Å². The molecule has 0 atom stereocenters. The number of benzene rings is 2. The Balaban J connectivity index is 1.39. The molecule has 0 fully saturated rings. The molecule has 0 spiro atoms. The highest BCUT2D eigenvalue weighted by atomic mass is 16.5. The Morgan fingerprint density at radius 1 is 0.816 bits per heavy atom. The summed E-state index contributed by atoms with van der Waals surface area (Å²) in [5.41, 5.74) is 4.01. The fourth-order valence-corrected chi connectivity index (χ4v) is 4.56. The molecule has 2 aromatic carbocycles. The Labute approximate surface area is 217 Å². The maximum absolute atomic E-state index is 13.3. The maximum Gasteiger partial charge on any atom is 0.344 e. The average Bonchev–Trinajstić information content (AvgIpc) is 3.48. The van der Waals surface area contributed by atoms with Crippen molar-refractivity contribution in [2.24, 2.45) is 0 Å². The van der Waals surface area contributed by atoms with Crippen molar-refractivity contribution in [2.45, 2.75) is 13.8 Å². The van der Waals surface area contributed by atoms with Gasteiger partial charge in [0.15, 0.2) is 0 Å². The molecule has 0 aliphatic heterocycles. The minimum absolute atomic E-state index is 0.141. The van der Waals surface area contributed by atoms with Crippen LogP contribution in [0.3, 0.4) is 0 Å². The molecule has 0 radical (unpaired) electrons. The number of nitrogens with zero attached hydrogens (tertiary/aromatic N) is 4. The zero-order valence-corrected chi connectivity index (χ0v) is 20.6. The van der Waals surface area contributed by atoms with Gasteiger partial charge in [0.1, 0.15) is 11.6 Å². The van der Waals surface area contributed by atoms with Crippen LogP contribution in [-0.4, -0.2) is 36.1 Å². The molecule has 8 nitrogen and oxygen atoms in total. The molecular formula is C30H22N4O4. The first-order chi connectivity index (χ1) is 18.4.